The SMILES string of the molecule is COc1ccc([C@@H]2O[C@H]2C(=O)c2cc(OC)c(OC)c(OC)c2Br)cc1OC. The van der Waals surface area contributed by atoms with Gasteiger partial charge in [0, 0.05) is 5.56 Å². The minimum atomic E-state index is -0.614. The molecule has 0 unspecified atom stereocenters. The van der Waals surface area contributed by atoms with Crippen molar-refractivity contribution in [2.24, 2.45) is 0 Å². The van der Waals surface area contributed by atoms with Gasteiger partial charge in [-0.3, -0.25) is 4.79 Å². The second-order valence-electron chi connectivity index (χ2n) is 5.96. The summed E-state index contributed by atoms with van der Waals surface area (Å²) in [4.78, 5) is 13.1. The van der Waals surface area contributed by atoms with Gasteiger partial charge in [-0.2, -0.15) is 0 Å². The molecular formula is C20H21BrO7. The van der Waals surface area contributed by atoms with Crippen molar-refractivity contribution in [3.05, 3.63) is 39.9 Å². The highest BCUT2D eigenvalue weighted by atomic mass is 79.9. The van der Waals surface area contributed by atoms with Crippen molar-refractivity contribution in [3.63, 3.8) is 0 Å². The number of ketones is 1. The quantitative estimate of drug-likeness (QED) is 0.445. The normalized spacial score (nSPS) is 17.6. The predicted molar refractivity (Wildman–Crippen MR) is 105 cm³/mol. The molecule has 0 amide bonds. The third-order valence-electron chi connectivity index (χ3n) is 4.52. The van der Waals surface area contributed by atoms with Gasteiger partial charge in [0.05, 0.1) is 40.0 Å². The predicted octanol–water partition coefficient (Wildman–Crippen LogP) is 3.81. The van der Waals surface area contributed by atoms with Crippen LogP contribution in [0.15, 0.2) is 28.7 Å². The summed E-state index contributed by atoms with van der Waals surface area (Å²) in [7, 11) is 7.63. The fourth-order valence-electron chi connectivity index (χ4n) is 3.05. The minimum Gasteiger partial charge on any atom is -0.493 e. The van der Waals surface area contributed by atoms with Gasteiger partial charge in [-0.25, -0.2) is 0 Å². The van der Waals surface area contributed by atoms with E-state index < -0.39 is 6.10 Å². The van der Waals surface area contributed by atoms with Crippen LogP contribution in [0.25, 0.3) is 0 Å². The second-order valence-corrected chi connectivity index (χ2v) is 6.76. The summed E-state index contributed by atoms with van der Waals surface area (Å²) < 4.78 is 32.8. The summed E-state index contributed by atoms with van der Waals surface area (Å²) in [6.07, 6.45) is -0.976. The van der Waals surface area contributed by atoms with E-state index in [-0.39, 0.29) is 11.9 Å². The zero-order valence-corrected chi connectivity index (χ0v) is 17.8. The van der Waals surface area contributed by atoms with E-state index in [0.717, 1.165) is 5.56 Å². The molecule has 1 heterocycles. The molecule has 1 fully saturated rings. The van der Waals surface area contributed by atoms with Crippen molar-refractivity contribution in [3.8, 4) is 28.7 Å². The molecule has 1 aliphatic heterocycles. The van der Waals surface area contributed by atoms with Crippen LogP contribution in [0.5, 0.6) is 28.7 Å². The van der Waals surface area contributed by atoms with Crippen molar-refractivity contribution in [2.45, 2.75) is 12.2 Å². The maximum absolute atomic E-state index is 13.1. The highest BCUT2D eigenvalue weighted by Crippen LogP contribution is 2.48. The van der Waals surface area contributed by atoms with Crippen LogP contribution in [0.1, 0.15) is 22.0 Å². The molecule has 0 N–H and O–H groups in total. The lowest BCUT2D eigenvalue weighted by atomic mass is 10.0. The standard InChI is InChI=1S/C20H21BrO7/c1-23-12-7-6-10(8-13(12)24-2)17-20(28-17)16(22)11-9-14(25-3)18(26-4)19(27-5)15(11)21/h6-9,17,20H,1-5H3/t17-,20-/m0/s1. The Morgan fingerprint density at radius 2 is 1.50 bits per heavy atom. The lowest BCUT2D eigenvalue weighted by Gasteiger charge is -2.16. The molecule has 2 aromatic carbocycles. The lowest BCUT2D eigenvalue weighted by molar-refractivity contribution is 0.0952. The first kappa shape index (κ1) is 20.3. The molecule has 7 nitrogen and oxygen atoms in total. The van der Waals surface area contributed by atoms with E-state index in [9.17, 15) is 4.79 Å². The largest absolute Gasteiger partial charge is 0.493 e. The van der Waals surface area contributed by atoms with Crippen LogP contribution >= 0.6 is 15.9 Å². The minimum absolute atomic E-state index is 0.189. The van der Waals surface area contributed by atoms with Crippen LogP contribution in [0.3, 0.4) is 0 Å². The third-order valence-corrected chi connectivity index (χ3v) is 5.31. The van der Waals surface area contributed by atoms with Crippen LogP contribution in [0.2, 0.25) is 0 Å². The number of rotatable bonds is 8. The number of carbonyl (C=O) groups is 1. The van der Waals surface area contributed by atoms with Gasteiger partial charge in [-0.1, -0.05) is 6.07 Å². The number of carbonyl (C=O) groups excluding carboxylic acids is 1. The molecule has 1 aliphatic rings. The maximum atomic E-state index is 13.1. The number of hydrogen-bond donors (Lipinski definition) is 0. The van der Waals surface area contributed by atoms with Gasteiger partial charge in [0.2, 0.25) is 5.75 Å². The molecule has 0 aromatic heterocycles. The molecule has 0 radical (unpaired) electrons. The van der Waals surface area contributed by atoms with E-state index in [1.54, 1.807) is 32.4 Å². The van der Waals surface area contributed by atoms with Crippen molar-refractivity contribution in [1.82, 2.24) is 0 Å². The van der Waals surface area contributed by atoms with Gasteiger partial charge in [0.1, 0.15) is 6.10 Å². The monoisotopic (exact) mass is 452 g/mol. The number of benzene rings is 2. The van der Waals surface area contributed by atoms with Crippen LogP contribution in [0, 0.1) is 0 Å². The highest BCUT2D eigenvalue weighted by Gasteiger charge is 2.47. The van der Waals surface area contributed by atoms with Gasteiger partial charge in [0.25, 0.3) is 0 Å². The summed E-state index contributed by atoms with van der Waals surface area (Å²) in [5.74, 6) is 2.19. The van der Waals surface area contributed by atoms with Crippen LogP contribution in [0.4, 0.5) is 0 Å². The Bertz CT molecular complexity index is 897. The number of methoxy groups -OCH3 is 5. The number of epoxide rings is 1. The fraction of sp³-hybridized carbons (Fsp3) is 0.350. The molecule has 3 rings (SSSR count). The van der Waals surface area contributed by atoms with E-state index in [1.807, 2.05) is 6.07 Å². The fourth-order valence-corrected chi connectivity index (χ4v) is 3.70. The van der Waals surface area contributed by atoms with Gasteiger partial charge >= 0.3 is 0 Å². The Morgan fingerprint density at radius 3 is 2.07 bits per heavy atom. The average Bonchev–Trinajstić information content (AvgIpc) is 3.53. The molecule has 0 spiro atoms. The van der Waals surface area contributed by atoms with E-state index in [1.165, 1.54) is 21.3 Å². The van der Waals surface area contributed by atoms with Crippen molar-refractivity contribution >= 4 is 21.7 Å². The van der Waals surface area contributed by atoms with Crippen molar-refractivity contribution in [1.29, 1.82) is 0 Å². The van der Waals surface area contributed by atoms with Gasteiger partial charge in [-0.15, -0.1) is 0 Å². The van der Waals surface area contributed by atoms with Gasteiger partial charge in [-0.05, 0) is 39.7 Å². The summed E-state index contributed by atoms with van der Waals surface area (Å²) in [6.45, 7) is 0. The van der Waals surface area contributed by atoms with Crippen molar-refractivity contribution < 1.29 is 33.2 Å². The summed E-state index contributed by atoms with van der Waals surface area (Å²) >= 11 is 3.44. The van der Waals surface area contributed by atoms with E-state index in [0.29, 0.717) is 38.8 Å². The van der Waals surface area contributed by atoms with Crippen LogP contribution in [-0.2, 0) is 4.74 Å². The average molecular weight is 453 g/mol. The van der Waals surface area contributed by atoms with Gasteiger partial charge < -0.3 is 28.4 Å². The molecule has 2 atom stereocenters. The molecule has 0 bridgehead atoms. The first-order valence-corrected chi connectivity index (χ1v) is 9.20. The van der Waals surface area contributed by atoms with Crippen molar-refractivity contribution in [2.75, 3.05) is 35.5 Å². The van der Waals surface area contributed by atoms with Crippen LogP contribution < -0.4 is 23.7 Å². The smallest absolute Gasteiger partial charge is 0.204 e. The molecular weight excluding hydrogens is 432 g/mol. The zero-order chi connectivity index (χ0) is 20.4. The molecule has 28 heavy (non-hydrogen) atoms. The van der Waals surface area contributed by atoms with Crippen LogP contribution in [-0.4, -0.2) is 47.4 Å². The first-order chi connectivity index (χ1) is 13.5. The van der Waals surface area contributed by atoms with E-state index in [4.69, 9.17) is 28.4 Å². The topological polar surface area (TPSA) is 75.8 Å². The number of halogens is 1. The third kappa shape index (κ3) is 3.49. The van der Waals surface area contributed by atoms with E-state index in [2.05, 4.69) is 15.9 Å². The Morgan fingerprint density at radius 1 is 0.857 bits per heavy atom. The Hall–Kier alpha value is -2.45. The summed E-state index contributed by atoms with van der Waals surface area (Å²) in [6, 6.07) is 7.05. The highest BCUT2D eigenvalue weighted by molar-refractivity contribution is 9.10. The number of hydrogen-bond acceptors (Lipinski definition) is 7. The Balaban J connectivity index is 1.90. The Labute approximate surface area is 171 Å². The summed E-state index contributed by atoms with van der Waals surface area (Å²) in [5, 5.41) is 0. The number of ether oxygens (including phenoxy) is 6. The Kier molecular flexibility index (Phi) is 6.00. The first-order valence-electron chi connectivity index (χ1n) is 8.40. The lowest BCUT2D eigenvalue weighted by Crippen LogP contribution is -2.11. The second kappa shape index (κ2) is 8.28. The summed E-state index contributed by atoms with van der Waals surface area (Å²) in [5.41, 5.74) is 1.22. The number of Topliss-reactive ketones (excluding diaryl/α,β-unsaturated/α-hetero) is 1. The molecule has 8 heteroatoms. The maximum Gasteiger partial charge on any atom is 0.204 e. The molecule has 150 valence electrons. The van der Waals surface area contributed by atoms with Gasteiger partial charge in [0.15, 0.2) is 34.9 Å². The molecule has 1 saturated heterocycles. The molecule has 0 saturated carbocycles. The van der Waals surface area contributed by atoms with E-state index >= 15 is 0 Å². The molecule has 2 aromatic rings. The molecule has 0 aliphatic carbocycles. The zero-order valence-electron chi connectivity index (χ0n) is 16.2.